The van der Waals surface area contributed by atoms with Crippen LogP contribution in [0.15, 0.2) is 29.1 Å². The van der Waals surface area contributed by atoms with Crippen LogP contribution >= 0.6 is 23.1 Å². The lowest BCUT2D eigenvalue weighted by Crippen LogP contribution is -2.34. The van der Waals surface area contributed by atoms with Gasteiger partial charge >= 0.3 is 0 Å². The van der Waals surface area contributed by atoms with Crippen LogP contribution in [-0.4, -0.2) is 45.1 Å². The first-order valence-corrected chi connectivity index (χ1v) is 9.77. The number of carbonyl (C=O) groups is 3. The highest BCUT2D eigenvalue weighted by atomic mass is 32.2. The van der Waals surface area contributed by atoms with Crippen LogP contribution in [0, 0.1) is 11.8 Å². The highest BCUT2D eigenvalue weighted by Crippen LogP contribution is 2.35. The number of thioether (sulfide) groups is 1. The molecule has 0 aromatic carbocycles. The molecule has 1 fully saturated rings. The minimum atomic E-state index is -0.287. The van der Waals surface area contributed by atoms with E-state index in [0.29, 0.717) is 18.0 Å². The van der Waals surface area contributed by atoms with E-state index in [1.807, 2.05) is 12.2 Å². The number of aromatic nitrogens is 2. The monoisotopic (exact) mass is 378 g/mol. The Balaban J connectivity index is 1.50. The number of fused-ring (bicyclic) bond motifs is 1. The summed E-state index contributed by atoms with van der Waals surface area (Å²) in [7, 11) is 0. The van der Waals surface area contributed by atoms with E-state index in [4.69, 9.17) is 0 Å². The van der Waals surface area contributed by atoms with Crippen molar-refractivity contribution in [2.75, 3.05) is 17.6 Å². The van der Waals surface area contributed by atoms with Crippen LogP contribution in [0.4, 0.5) is 5.13 Å². The van der Waals surface area contributed by atoms with Gasteiger partial charge in [0.2, 0.25) is 22.9 Å². The van der Waals surface area contributed by atoms with Gasteiger partial charge in [-0.1, -0.05) is 41.3 Å². The van der Waals surface area contributed by atoms with Gasteiger partial charge in [-0.2, -0.15) is 0 Å². The molecule has 1 aromatic heterocycles. The fourth-order valence-corrected chi connectivity index (χ4v) is 4.46. The molecule has 3 rings (SSSR count). The average Bonchev–Trinajstić information content (AvgIpc) is 3.15. The number of anilines is 1. The Morgan fingerprint density at radius 2 is 2.00 bits per heavy atom. The third-order valence-corrected chi connectivity index (χ3v) is 6.11. The first-order valence-electron chi connectivity index (χ1n) is 7.97. The summed E-state index contributed by atoms with van der Waals surface area (Å²) in [5.74, 6) is -0.400. The molecule has 1 aromatic rings. The van der Waals surface area contributed by atoms with Crippen molar-refractivity contribution in [2.24, 2.45) is 11.8 Å². The Bertz CT molecular complexity index is 705. The zero-order valence-electron chi connectivity index (χ0n) is 13.5. The van der Waals surface area contributed by atoms with Gasteiger partial charge in [0.05, 0.1) is 11.8 Å². The van der Waals surface area contributed by atoms with Crippen molar-refractivity contribution in [1.29, 1.82) is 0 Å². The Morgan fingerprint density at radius 3 is 2.64 bits per heavy atom. The van der Waals surface area contributed by atoms with Gasteiger partial charge in [-0.3, -0.25) is 19.3 Å². The number of hydrogen-bond donors (Lipinski definition) is 1. The third kappa shape index (κ3) is 3.98. The fraction of sp³-hybridized carbons (Fsp3) is 0.438. The molecule has 1 N–H and O–H groups in total. The van der Waals surface area contributed by atoms with E-state index in [2.05, 4.69) is 22.1 Å². The van der Waals surface area contributed by atoms with Crippen LogP contribution in [0.25, 0.3) is 0 Å². The Morgan fingerprint density at radius 1 is 1.32 bits per heavy atom. The molecule has 7 nitrogen and oxygen atoms in total. The van der Waals surface area contributed by atoms with Gasteiger partial charge in [0.1, 0.15) is 0 Å². The Hall–Kier alpha value is -2.00. The van der Waals surface area contributed by atoms with Crippen molar-refractivity contribution in [1.82, 2.24) is 15.1 Å². The minimum Gasteiger partial charge on any atom is -0.300 e. The number of imide groups is 1. The molecule has 0 unspecified atom stereocenters. The molecule has 0 bridgehead atoms. The highest BCUT2D eigenvalue weighted by molar-refractivity contribution is 8.01. The zero-order chi connectivity index (χ0) is 17.8. The van der Waals surface area contributed by atoms with Crippen LogP contribution in [0.5, 0.6) is 0 Å². The number of nitrogens with one attached hydrogen (secondary N) is 1. The second kappa shape index (κ2) is 7.92. The number of hydrogen-bond acceptors (Lipinski definition) is 7. The van der Waals surface area contributed by atoms with E-state index in [-0.39, 0.29) is 42.5 Å². The third-order valence-electron chi connectivity index (χ3n) is 4.14. The molecular weight excluding hydrogens is 360 g/mol. The van der Waals surface area contributed by atoms with Gasteiger partial charge in [0.25, 0.3) is 0 Å². The summed E-state index contributed by atoms with van der Waals surface area (Å²) in [6, 6.07) is 0. The number of likely N-dealkylation sites (tertiary alicyclic amines) is 1. The predicted molar refractivity (Wildman–Crippen MR) is 96.2 cm³/mol. The van der Waals surface area contributed by atoms with E-state index in [9.17, 15) is 14.4 Å². The van der Waals surface area contributed by atoms with Crippen molar-refractivity contribution >= 4 is 46.0 Å². The quantitative estimate of drug-likeness (QED) is 0.338. The van der Waals surface area contributed by atoms with Crippen LogP contribution in [0.3, 0.4) is 0 Å². The fourth-order valence-electron chi connectivity index (χ4n) is 2.93. The molecule has 1 aliphatic carbocycles. The first kappa shape index (κ1) is 17.8. The maximum Gasteiger partial charge on any atom is 0.233 e. The number of carbonyl (C=O) groups excluding carboxylic acids is 3. The topological polar surface area (TPSA) is 92.3 Å². The molecule has 1 saturated heterocycles. The lowest BCUT2D eigenvalue weighted by atomic mass is 9.85. The molecule has 2 heterocycles. The number of allylic oxidation sites excluding steroid dienone is 2. The summed E-state index contributed by atoms with van der Waals surface area (Å²) >= 11 is 2.77. The molecule has 25 heavy (non-hydrogen) atoms. The highest BCUT2D eigenvalue weighted by Gasteiger charge is 2.46. The Kier molecular flexibility index (Phi) is 5.64. The van der Waals surface area contributed by atoms with Gasteiger partial charge in [-0.15, -0.1) is 16.8 Å². The summed E-state index contributed by atoms with van der Waals surface area (Å²) in [5.41, 5.74) is 0. The molecule has 0 saturated carbocycles. The number of rotatable bonds is 7. The minimum absolute atomic E-state index is 0.0546. The molecule has 2 atom stereocenters. The molecule has 9 heteroatoms. The standard InChI is InChI=1S/C16H18N4O3S2/c1-2-9-24-16-19-18-15(25-16)17-12(21)7-8-20-13(22)10-5-3-4-6-11(10)14(20)23/h2-4,10-11H,1,5-9H2,(H,17,18,21)/t10-,11-/m0/s1. The van der Waals surface area contributed by atoms with Gasteiger partial charge in [-0.25, -0.2) is 0 Å². The second-order valence-electron chi connectivity index (χ2n) is 5.75. The van der Waals surface area contributed by atoms with E-state index >= 15 is 0 Å². The van der Waals surface area contributed by atoms with Gasteiger partial charge < -0.3 is 5.32 Å². The lowest BCUT2D eigenvalue weighted by Gasteiger charge is -2.14. The molecule has 3 amide bonds. The smallest absolute Gasteiger partial charge is 0.233 e. The summed E-state index contributed by atoms with van der Waals surface area (Å²) in [6.45, 7) is 3.74. The van der Waals surface area contributed by atoms with Crippen molar-refractivity contribution in [3.63, 3.8) is 0 Å². The van der Waals surface area contributed by atoms with Crippen molar-refractivity contribution < 1.29 is 14.4 Å². The van der Waals surface area contributed by atoms with E-state index in [1.165, 1.54) is 28.0 Å². The van der Waals surface area contributed by atoms with Crippen molar-refractivity contribution in [3.05, 3.63) is 24.8 Å². The summed E-state index contributed by atoms with van der Waals surface area (Å²) in [6.07, 6.45) is 6.92. The lowest BCUT2D eigenvalue weighted by molar-refractivity contribution is -0.140. The van der Waals surface area contributed by atoms with Crippen molar-refractivity contribution in [2.45, 2.75) is 23.6 Å². The van der Waals surface area contributed by atoms with Crippen LogP contribution in [0.2, 0.25) is 0 Å². The maximum atomic E-state index is 12.3. The predicted octanol–water partition coefficient (Wildman–Crippen LogP) is 2.10. The summed E-state index contributed by atoms with van der Waals surface area (Å²) < 4.78 is 0.747. The molecule has 0 radical (unpaired) electrons. The Labute approximate surface area is 153 Å². The molecule has 0 spiro atoms. The first-order chi connectivity index (χ1) is 12.1. The van der Waals surface area contributed by atoms with E-state index in [1.54, 1.807) is 6.08 Å². The number of amides is 3. The van der Waals surface area contributed by atoms with Crippen molar-refractivity contribution in [3.8, 4) is 0 Å². The van der Waals surface area contributed by atoms with Gasteiger partial charge in [0.15, 0.2) is 4.34 Å². The molecule has 2 aliphatic rings. The molecular formula is C16H18N4O3S2. The SMILES string of the molecule is C=CCSc1nnc(NC(=O)CCN2C(=O)[C@H]3CC=CC[C@@H]3C2=O)s1. The van der Waals surface area contributed by atoms with Crippen LogP contribution in [-0.2, 0) is 14.4 Å². The molecule has 132 valence electrons. The van der Waals surface area contributed by atoms with E-state index < -0.39 is 0 Å². The largest absolute Gasteiger partial charge is 0.300 e. The van der Waals surface area contributed by atoms with E-state index in [0.717, 1.165) is 10.1 Å². The van der Waals surface area contributed by atoms with Gasteiger partial charge in [0, 0.05) is 18.7 Å². The molecule has 1 aliphatic heterocycles. The summed E-state index contributed by atoms with van der Waals surface area (Å²) in [5, 5.41) is 10.9. The van der Waals surface area contributed by atoms with Crippen LogP contribution < -0.4 is 5.32 Å². The van der Waals surface area contributed by atoms with Crippen LogP contribution in [0.1, 0.15) is 19.3 Å². The normalized spacial score (nSPS) is 22.2. The number of nitrogens with zero attached hydrogens (tertiary/aromatic N) is 3. The maximum absolute atomic E-state index is 12.3. The zero-order valence-corrected chi connectivity index (χ0v) is 15.1. The summed E-state index contributed by atoms with van der Waals surface area (Å²) in [4.78, 5) is 38.0. The average molecular weight is 378 g/mol. The second-order valence-corrected chi connectivity index (χ2v) is 8.00. The van der Waals surface area contributed by atoms with Gasteiger partial charge in [-0.05, 0) is 12.8 Å².